The summed E-state index contributed by atoms with van der Waals surface area (Å²) >= 11 is 0. The van der Waals surface area contributed by atoms with Crippen LogP contribution in [0.15, 0.2) is 6.33 Å². The van der Waals surface area contributed by atoms with Gasteiger partial charge in [-0.2, -0.15) is 13.2 Å². The van der Waals surface area contributed by atoms with Crippen LogP contribution in [-0.2, 0) is 11.3 Å². The molecule has 0 aromatic carbocycles. The predicted octanol–water partition coefficient (Wildman–Crippen LogP) is 0.660. The molecule has 1 aromatic rings. The van der Waals surface area contributed by atoms with Crippen LogP contribution in [-0.4, -0.2) is 44.3 Å². The number of halogens is 3. The number of amides is 1. The summed E-state index contributed by atoms with van der Waals surface area (Å²) < 4.78 is 38.1. The second-order valence-corrected chi connectivity index (χ2v) is 4.03. The van der Waals surface area contributed by atoms with E-state index in [-0.39, 0.29) is 12.5 Å². The smallest absolute Gasteiger partial charge is 0.367 e. The number of nitrogens with zero attached hydrogens (tertiary/aromatic N) is 4. The highest BCUT2D eigenvalue weighted by molar-refractivity contribution is 5.76. The molecule has 18 heavy (non-hydrogen) atoms. The molecule has 0 aliphatic rings. The van der Waals surface area contributed by atoms with E-state index in [4.69, 9.17) is 5.73 Å². The average Bonchev–Trinajstić information content (AvgIpc) is 2.58. The fourth-order valence-electron chi connectivity index (χ4n) is 1.37. The Kier molecular flexibility index (Phi) is 4.15. The van der Waals surface area contributed by atoms with Gasteiger partial charge in [0.25, 0.3) is 0 Å². The first-order valence-electron chi connectivity index (χ1n) is 5.20. The first-order valence-corrected chi connectivity index (χ1v) is 5.20. The van der Waals surface area contributed by atoms with Crippen molar-refractivity contribution in [3.05, 3.63) is 6.33 Å². The number of nitrogens with two attached hydrogens (primary N) is 1. The lowest BCUT2D eigenvalue weighted by atomic mass is 10.3. The van der Waals surface area contributed by atoms with E-state index in [1.165, 1.54) is 20.2 Å². The molecule has 0 aliphatic carbocycles. The van der Waals surface area contributed by atoms with Gasteiger partial charge in [0.2, 0.25) is 11.9 Å². The molecule has 1 aromatic heterocycles. The van der Waals surface area contributed by atoms with Crippen molar-refractivity contribution < 1.29 is 18.0 Å². The van der Waals surface area contributed by atoms with Crippen LogP contribution < -0.4 is 5.73 Å². The van der Waals surface area contributed by atoms with Gasteiger partial charge in [-0.15, -0.1) is 5.10 Å². The summed E-state index contributed by atoms with van der Waals surface area (Å²) in [7, 11) is 0. The summed E-state index contributed by atoms with van der Waals surface area (Å²) in [5.41, 5.74) is 5.24. The van der Waals surface area contributed by atoms with Crippen LogP contribution in [0.4, 0.5) is 19.1 Å². The molecule has 0 spiro atoms. The van der Waals surface area contributed by atoms with Crippen LogP contribution >= 0.6 is 0 Å². The van der Waals surface area contributed by atoms with Gasteiger partial charge in [0.15, 0.2) is 0 Å². The molecule has 0 saturated carbocycles. The van der Waals surface area contributed by atoms with E-state index in [1.54, 1.807) is 0 Å². The van der Waals surface area contributed by atoms with Crippen molar-refractivity contribution in [1.82, 2.24) is 19.7 Å². The van der Waals surface area contributed by atoms with Gasteiger partial charge in [-0.25, -0.2) is 9.67 Å². The number of alkyl halides is 3. The van der Waals surface area contributed by atoms with Gasteiger partial charge in [-0.1, -0.05) is 0 Å². The summed E-state index contributed by atoms with van der Waals surface area (Å²) in [5.74, 6) is -0.720. The number of nitrogen functional groups attached to an aromatic ring is 1. The standard InChI is InChI=1S/C9H14F3N5O/c1-6(2)17(4-9(10,11)12)7(18)3-16-5-14-8(13)15-16/h5-6H,3-4H2,1-2H3,(H2,13,15). The van der Waals surface area contributed by atoms with Gasteiger partial charge in [-0.3, -0.25) is 4.79 Å². The summed E-state index contributed by atoms with van der Waals surface area (Å²) in [5, 5.41) is 3.64. The number of carbonyl (C=O) groups excluding carboxylic acids is 1. The fourth-order valence-corrected chi connectivity index (χ4v) is 1.37. The van der Waals surface area contributed by atoms with Crippen molar-refractivity contribution in [2.24, 2.45) is 0 Å². The van der Waals surface area contributed by atoms with Gasteiger partial charge < -0.3 is 10.6 Å². The predicted molar refractivity (Wildman–Crippen MR) is 57.3 cm³/mol. The van der Waals surface area contributed by atoms with Crippen molar-refractivity contribution >= 4 is 11.9 Å². The van der Waals surface area contributed by atoms with Crippen LogP contribution in [0.1, 0.15) is 13.8 Å². The second-order valence-electron chi connectivity index (χ2n) is 4.03. The molecule has 0 fully saturated rings. The molecule has 2 N–H and O–H groups in total. The monoisotopic (exact) mass is 265 g/mol. The van der Waals surface area contributed by atoms with Crippen LogP contribution in [0.2, 0.25) is 0 Å². The van der Waals surface area contributed by atoms with E-state index in [9.17, 15) is 18.0 Å². The molecule has 0 saturated heterocycles. The Balaban J connectivity index is 2.71. The number of carbonyl (C=O) groups is 1. The van der Waals surface area contributed by atoms with Crippen molar-refractivity contribution in [2.45, 2.75) is 32.6 Å². The molecule has 1 amide bonds. The Morgan fingerprint density at radius 1 is 1.56 bits per heavy atom. The number of aromatic nitrogens is 3. The highest BCUT2D eigenvalue weighted by Gasteiger charge is 2.34. The highest BCUT2D eigenvalue weighted by Crippen LogP contribution is 2.18. The molecule has 102 valence electrons. The lowest BCUT2D eigenvalue weighted by Gasteiger charge is -2.27. The Morgan fingerprint density at radius 3 is 2.56 bits per heavy atom. The minimum absolute atomic E-state index is 0.0327. The largest absolute Gasteiger partial charge is 0.406 e. The zero-order valence-corrected chi connectivity index (χ0v) is 9.98. The van der Waals surface area contributed by atoms with E-state index < -0.39 is 24.7 Å². The first kappa shape index (κ1) is 14.3. The quantitative estimate of drug-likeness (QED) is 0.867. The topological polar surface area (TPSA) is 77.0 Å². The van der Waals surface area contributed by atoms with Gasteiger partial charge in [-0.05, 0) is 13.8 Å². The van der Waals surface area contributed by atoms with Crippen LogP contribution in [0.25, 0.3) is 0 Å². The van der Waals surface area contributed by atoms with Crippen LogP contribution in [0.5, 0.6) is 0 Å². The molecular formula is C9H14F3N5O. The zero-order valence-electron chi connectivity index (χ0n) is 9.98. The Bertz CT molecular complexity index is 415. The number of anilines is 1. The van der Waals surface area contributed by atoms with E-state index in [1.807, 2.05) is 0 Å². The summed E-state index contributed by atoms with van der Waals surface area (Å²) in [6.45, 7) is 1.42. The van der Waals surface area contributed by atoms with Gasteiger partial charge in [0, 0.05) is 6.04 Å². The molecular weight excluding hydrogens is 251 g/mol. The first-order chi connectivity index (χ1) is 8.19. The van der Waals surface area contributed by atoms with Crippen molar-refractivity contribution in [2.75, 3.05) is 12.3 Å². The van der Waals surface area contributed by atoms with E-state index >= 15 is 0 Å². The Morgan fingerprint density at radius 2 is 2.17 bits per heavy atom. The molecule has 0 radical (unpaired) electrons. The molecule has 0 atom stereocenters. The third kappa shape index (κ3) is 4.22. The maximum Gasteiger partial charge on any atom is 0.406 e. The summed E-state index contributed by atoms with van der Waals surface area (Å²) in [6.07, 6.45) is -3.24. The fraction of sp³-hybridized carbons (Fsp3) is 0.667. The summed E-state index contributed by atoms with van der Waals surface area (Å²) in [6, 6.07) is -0.556. The maximum absolute atomic E-state index is 12.3. The minimum atomic E-state index is -4.43. The normalized spacial score (nSPS) is 11.9. The molecule has 6 nitrogen and oxygen atoms in total. The lowest BCUT2D eigenvalue weighted by Crippen LogP contribution is -2.44. The average molecular weight is 265 g/mol. The third-order valence-corrected chi connectivity index (χ3v) is 2.14. The molecule has 0 aliphatic heterocycles. The van der Waals surface area contributed by atoms with Crippen molar-refractivity contribution in [3.63, 3.8) is 0 Å². The van der Waals surface area contributed by atoms with Gasteiger partial charge >= 0.3 is 6.18 Å². The minimum Gasteiger partial charge on any atom is -0.367 e. The van der Waals surface area contributed by atoms with E-state index in [0.29, 0.717) is 0 Å². The molecule has 9 heteroatoms. The van der Waals surface area contributed by atoms with Crippen LogP contribution in [0, 0.1) is 0 Å². The Hall–Kier alpha value is -1.80. The highest BCUT2D eigenvalue weighted by atomic mass is 19.4. The van der Waals surface area contributed by atoms with Gasteiger partial charge in [0.05, 0.1) is 0 Å². The number of hydrogen-bond acceptors (Lipinski definition) is 4. The third-order valence-electron chi connectivity index (χ3n) is 2.14. The molecule has 0 unspecified atom stereocenters. The zero-order chi connectivity index (χ0) is 13.9. The number of hydrogen-bond donors (Lipinski definition) is 1. The molecule has 0 bridgehead atoms. The SMILES string of the molecule is CC(C)N(CC(F)(F)F)C(=O)Cn1cnc(N)n1. The summed E-state index contributed by atoms with van der Waals surface area (Å²) in [4.78, 5) is 16.1. The lowest BCUT2D eigenvalue weighted by molar-refractivity contribution is -0.165. The van der Waals surface area contributed by atoms with Crippen LogP contribution in [0.3, 0.4) is 0 Å². The Labute approximate surface area is 102 Å². The van der Waals surface area contributed by atoms with E-state index in [2.05, 4.69) is 10.1 Å². The molecule has 1 heterocycles. The van der Waals surface area contributed by atoms with E-state index in [0.717, 1.165) is 9.58 Å². The maximum atomic E-state index is 12.3. The molecule has 1 rings (SSSR count). The van der Waals surface area contributed by atoms with Crippen molar-refractivity contribution in [1.29, 1.82) is 0 Å². The van der Waals surface area contributed by atoms with Crippen molar-refractivity contribution in [3.8, 4) is 0 Å². The second kappa shape index (κ2) is 5.23. The number of rotatable bonds is 4. The van der Waals surface area contributed by atoms with Gasteiger partial charge in [0.1, 0.15) is 19.4 Å².